The highest BCUT2D eigenvalue weighted by Crippen LogP contribution is 2.40. The van der Waals surface area contributed by atoms with Crippen LogP contribution in [0.4, 0.5) is 0 Å². The number of nitrogens with zero attached hydrogens (tertiary/aromatic N) is 2. The maximum absolute atomic E-state index is 13.1. The number of fused-ring (bicyclic) bond motifs is 3. The van der Waals surface area contributed by atoms with Crippen LogP contribution in [0.25, 0.3) is 10.9 Å². The summed E-state index contributed by atoms with van der Waals surface area (Å²) in [5.74, 6) is 1.10. The summed E-state index contributed by atoms with van der Waals surface area (Å²) < 4.78 is 38.8. The van der Waals surface area contributed by atoms with E-state index in [2.05, 4.69) is 4.99 Å². The lowest BCUT2D eigenvalue weighted by atomic mass is 10.0. The Bertz CT molecular complexity index is 1120. The molecule has 0 unspecified atom stereocenters. The van der Waals surface area contributed by atoms with Gasteiger partial charge in [-0.25, -0.2) is 12.4 Å². The van der Waals surface area contributed by atoms with E-state index in [1.807, 2.05) is 6.92 Å². The SMILES string of the molecule is COc1cc2c(ccn2S(=O)(=O)c2ccccc2)c2c1OCCN=C2C. The zero-order chi connectivity index (χ0) is 18.3. The number of benzene rings is 2. The van der Waals surface area contributed by atoms with Gasteiger partial charge in [-0.2, -0.15) is 0 Å². The first kappa shape index (κ1) is 16.7. The first-order valence-corrected chi connectivity index (χ1v) is 9.65. The Morgan fingerprint density at radius 2 is 1.96 bits per heavy atom. The third-order valence-electron chi connectivity index (χ3n) is 4.45. The van der Waals surface area contributed by atoms with Crippen molar-refractivity contribution in [1.29, 1.82) is 0 Å². The summed E-state index contributed by atoms with van der Waals surface area (Å²) >= 11 is 0. The van der Waals surface area contributed by atoms with Gasteiger partial charge in [0.25, 0.3) is 10.0 Å². The maximum atomic E-state index is 13.1. The van der Waals surface area contributed by atoms with Crippen molar-refractivity contribution in [3.63, 3.8) is 0 Å². The summed E-state index contributed by atoms with van der Waals surface area (Å²) in [4.78, 5) is 4.73. The van der Waals surface area contributed by atoms with Crippen LogP contribution < -0.4 is 9.47 Å². The monoisotopic (exact) mass is 370 g/mol. The number of aliphatic imine (C=N–C) groups is 1. The lowest BCUT2D eigenvalue weighted by Gasteiger charge is -2.15. The summed E-state index contributed by atoms with van der Waals surface area (Å²) in [6.07, 6.45) is 1.56. The van der Waals surface area contributed by atoms with Gasteiger partial charge in [0.05, 0.1) is 29.6 Å². The Balaban J connectivity index is 2.04. The van der Waals surface area contributed by atoms with Gasteiger partial charge in [0.15, 0.2) is 11.5 Å². The van der Waals surface area contributed by atoms with Crippen LogP contribution in [0.1, 0.15) is 12.5 Å². The molecule has 1 aliphatic heterocycles. The van der Waals surface area contributed by atoms with E-state index in [4.69, 9.17) is 9.47 Å². The normalized spacial score (nSPS) is 14.3. The lowest BCUT2D eigenvalue weighted by molar-refractivity contribution is 0.305. The van der Waals surface area contributed by atoms with Gasteiger partial charge in [-0.15, -0.1) is 0 Å². The van der Waals surface area contributed by atoms with Crippen molar-refractivity contribution in [2.45, 2.75) is 11.8 Å². The number of methoxy groups -OCH3 is 1. The summed E-state index contributed by atoms with van der Waals surface area (Å²) in [5, 5.41) is 0.767. The summed E-state index contributed by atoms with van der Waals surface area (Å²) in [7, 11) is -2.18. The number of hydrogen-bond acceptors (Lipinski definition) is 5. The largest absolute Gasteiger partial charge is 0.493 e. The molecule has 134 valence electrons. The van der Waals surface area contributed by atoms with Crippen LogP contribution in [-0.4, -0.2) is 38.4 Å². The van der Waals surface area contributed by atoms with Crippen LogP contribution >= 0.6 is 0 Å². The smallest absolute Gasteiger partial charge is 0.268 e. The second-order valence-electron chi connectivity index (χ2n) is 5.96. The van der Waals surface area contributed by atoms with Crippen molar-refractivity contribution in [2.24, 2.45) is 4.99 Å². The third kappa shape index (κ3) is 2.47. The topological polar surface area (TPSA) is 69.9 Å². The fourth-order valence-electron chi connectivity index (χ4n) is 3.22. The molecule has 0 radical (unpaired) electrons. The average molecular weight is 370 g/mol. The van der Waals surface area contributed by atoms with E-state index in [1.165, 1.54) is 3.97 Å². The fraction of sp³-hybridized carbons (Fsp3) is 0.211. The minimum absolute atomic E-state index is 0.230. The average Bonchev–Trinajstić information content (AvgIpc) is 2.99. The Kier molecular flexibility index (Phi) is 3.96. The van der Waals surface area contributed by atoms with Crippen molar-refractivity contribution < 1.29 is 17.9 Å². The van der Waals surface area contributed by atoms with E-state index in [1.54, 1.807) is 55.8 Å². The van der Waals surface area contributed by atoms with Crippen molar-refractivity contribution in [3.05, 3.63) is 54.2 Å². The molecular formula is C19H18N2O4S. The highest BCUT2D eigenvalue weighted by Gasteiger charge is 2.25. The van der Waals surface area contributed by atoms with Gasteiger partial charge in [-0.3, -0.25) is 4.99 Å². The molecular weight excluding hydrogens is 352 g/mol. The zero-order valence-corrected chi connectivity index (χ0v) is 15.3. The summed E-state index contributed by atoms with van der Waals surface area (Å²) in [5.41, 5.74) is 2.11. The fourth-order valence-corrected chi connectivity index (χ4v) is 4.58. The van der Waals surface area contributed by atoms with E-state index < -0.39 is 10.0 Å². The molecule has 0 saturated carbocycles. The van der Waals surface area contributed by atoms with Crippen LogP contribution in [0.5, 0.6) is 11.5 Å². The molecule has 7 heteroatoms. The molecule has 0 N–H and O–H groups in total. The first-order chi connectivity index (χ1) is 12.5. The summed E-state index contributed by atoms with van der Waals surface area (Å²) in [6, 6.07) is 11.8. The van der Waals surface area contributed by atoms with Gasteiger partial charge >= 0.3 is 0 Å². The predicted octanol–water partition coefficient (Wildman–Crippen LogP) is 3.09. The number of aromatic nitrogens is 1. The summed E-state index contributed by atoms with van der Waals surface area (Å²) in [6.45, 7) is 2.90. The van der Waals surface area contributed by atoms with E-state index in [0.717, 1.165) is 16.7 Å². The molecule has 3 aromatic rings. The van der Waals surface area contributed by atoms with Gasteiger partial charge in [-0.05, 0) is 25.1 Å². The van der Waals surface area contributed by atoms with Crippen LogP contribution in [0.2, 0.25) is 0 Å². The van der Waals surface area contributed by atoms with Crippen LogP contribution in [0, 0.1) is 0 Å². The molecule has 1 aliphatic rings. The molecule has 0 bridgehead atoms. The molecule has 0 aliphatic carbocycles. The Morgan fingerprint density at radius 3 is 2.69 bits per heavy atom. The van der Waals surface area contributed by atoms with E-state index >= 15 is 0 Å². The van der Waals surface area contributed by atoms with Crippen LogP contribution in [0.3, 0.4) is 0 Å². The van der Waals surface area contributed by atoms with Crippen molar-refractivity contribution in [3.8, 4) is 11.5 Å². The van der Waals surface area contributed by atoms with Crippen molar-refractivity contribution in [2.75, 3.05) is 20.3 Å². The van der Waals surface area contributed by atoms with Crippen molar-refractivity contribution in [1.82, 2.24) is 3.97 Å². The van der Waals surface area contributed by atoms with Crippen LogP contribution in [-0.2, 0) is 10.0 Å². The zero-order valence-electron chi connectivity index (χ0n) is 14.5. The van der Waals surface area contributed by atoms with Gasteiger partial charge in [0.1, 0.15) is 6.61 Å². The van der Waals surface area contributed by atoms with E-state index in [-0.39, 0.29) is 4.90 Å². The van der Waals surface area contributed by atoms with Crippen LogP contribution in [0.15, 0.2) is 58.5 Å². The molecule has 0 spiro atoms. The first-order valence-electron chi connectivity index (χ1n) is 8.21. The highest BCUT2D eigenvalue weighted by atomic mass is 32.2. The molecule has 0 saturated heterocycles. The minimum Gasteiger partial charge on any atom is -0.493 e. The van der Waals surface area contributed by atoms with Gasteiger partial charge < -0.3 is 9.47 Å². The third-order valence-corrected chi connectivity index (χ3v) is 6.15. The van der Waals surface area contributed by atoms with Crippen molar-refractivity contribution >= 4 is 26.6 Å². The molecule has 2 aromatic carbocycles. The number of ether oxygens (including phenoxy) is 2. The lowest BCUT2D eigenvalue weighted by Crippen LogP contribution is -2.12. The molecule has 0 fully saturated rings. The predicted molar refractivity (Wildman–Crippen MR) is 100 cm³/mol. The maximum Gasteiger partial charge on any atom is 0.268 e. The Labute approximate surface area is 151 Å². The van der Waals surface area contributed by atoms with E-state index in [9.17, 15) is 8.42 Å². The molecule has 0 atom stereocenters. The number of rotatable bonds is 3. The quantitative estimate of drug-likeness (QED) is 0.710. The highest BCUT2D eigenvalue weighted by molar-refractivity contribution is 7.90. The standard InChI is InChI=1S/C19H18N2O4S/c1-13-18-15-8-10-21(26(22,23)14-6-4-3-5-7-14)16(15)12-17(24-2)19(18)25-11-9-20-13/h3-8,10,12H,9,11H2,1-2H3. The molecule has 26 heavy (non-hydrogen) atoms. The minimum atomic E-state index is -3.72. The molecule has 1 aromatic heterocycles. The Hall–Kier alpha value is -2.80. The van der Waals surface area contributed by atoms with Gasteiger partial charge in [0, 0.05) is 23.4 Å². The Morgan fingerprint density at radius 1 is 1.19 bits per heavy atom. The second-order valence-corrected chi connectivity index (χ2v) is 7.78. The molecule has 6 nitrogen and oxygen atoms in total. The van der Waals surface area contributed by atoms with Gasteiger partial charge in [0.2, 0.25) is 0 Å². The number of hydrogen-bond donors (Lipinski definition) is 0. The second kappa shape index (κ2) is 6.17. The molecule has 0 amide bonds. The molecule has 2 heterocycles. The van der Waals surface area contributed by atoms with Gasteiger partial charge in [-0.1, -0.05) is 18.2 Å². The van der Waals surface area contributed by atoms with E-state index in [0.29, 0.717) is 30.2 Å². The molecule has 4 rings (SSSR count).